The Hall–Kier alpha value is -2.05. The van der Waals surface area contributed by atoms with Crippen molar-refractivity contribution in [3.8, 4) is 11.3 Å². The third-order valence-corrected chi connectivity index (χ3v) is 5.75. The number of rotatable bonds is 4. The van der Waals surface area contributed by atoms with Crippen LogP contribution in [-0.4, -0.2) is 25.9 Å². The van der Waals surface area contributed by atoms with Crippen LogP contribution in [0.5, 0.6) is 0 Å². The molecule has 5 nitrogen and oxygen atoms in total. The van der Waals surface area contributed by atoms with Crippen molar-refractivity contribution in [2.24, 2.45) is 5.14 Å². The molecule has 1 saturated carbocycles. The predicted molar refractivity (Wildman–Crippen MR) is 105 cm³/mol. The molecule has 0 radical (unpaired) electrons. The van der Waals surface area contributed by atoms with Crippen molar-refractivity contribution in [2.45, 2.75) is 43.9 Å². The zero-order chi connectivity index (χ0) is 17.2. The van der Waals surface area contributed by atoms with Gasteiger partial charge in [0.05, 0.1) is 11.9 Å². The average Bonchev–Trinajstić information content (AvgIpc) is 3.06. The Labute approximate surface area is 152 Å². The fourth-order valence-corrected chi connectivity index (χ4v) is 4.05. The molecule has 0 amide bonds. The maximum atomic E-state index is 5.71. The van der Waals surface area contributed by atoms with Crippen LogP contribution < -0.4 is 10.5 Å². The Bertz CT molecular complexity index is 867. The van der Waals surface area contributed by atoms with Gasteiger partial charge in [-0.1, -0.05) is 35.7 Å². The van der Waals surface area contributed by atoms with Crippen molar-refractivity contribution in [1.29, 1.82) is 0 Å². The van der Waals surface area contributed by atoms with E-state index in [1.165, 1.54) is 30.4 Å². The minimum Gasteiger partial charge on any atom is -0.366 e. The van der Waals surface area contributed by atoms with Gasteiger partial charge in [-0.25, -0.2) is 9.50 Å². The number of fused-ring (bicyclic) bond motifs is 1. The van der Waals surface area contributed by atoms with E-state index >= 15 is 0 Å². The van der Waals surface area contributed by atoms with Crippen molar-refractivity contribution in [1.82, 2.24) is 14.6 Å². The van der Waals surface area contributed by atoms with Gasteiger partial charge in [-0.2, -0.15) is 0 Å². The molecule has 0 atom stereocenters. The Kier molecular flexibility index (Phi) is 4.63. The van der Waals surface area contributed by atoms with E-state index in [1.807, 2.05) is 22.8 Å². The number of aromatic nitrogens is 3. The molecule has 0 aliphatic heterocycles. The first-order chi connectivity index (χ1) is 12.2. The number of nitrogens with one attached hydrogen (secondary N) is 1. The number of imidazole rings is 1. The molecule has 0 unspecified atom stereocenters. The van der Waals surface area contributed by atoms with Crippen LogP contribution in [0.25, 0.3) is 16.9 Å². The molecule has 1 aliphatic carbocycles. The van der Waals surface area contributed by atoms with Gasteiger partial charge in [0.1, 0.15) is 5.82 Å². The summed E-state index contributed by atoms with van der Waals surface area (Å²) in [4.78, 5) is 4.49. The van der Waals surface area contributed by atoms with Crippen molar-refractivity contribution in [3.63, 3.8) is 0 Å². The Morgan fingerprint density at radius 2 is 2.00 bits per heavy atom. The van der Waals surface area contributed by atoms with Crippen LogP contribution >= 0.6 is 11.9 Å². The zero-order valence-corrected chi connectivity index (χ0v) is 15.2. The highest BCUT2D eigenvalue weighted by molar-refractivity contribution is 7.97. The number of hydrogen-bond donors (Lipinski definition) is 2. The highest BCUT2D eigenvalue weighted by Crippen LogP contribution is 2.27. The second kappa shape index (κ2) is 7.06. The van der Waals surface area contributed by atoms with Gasteiger partial charge >= 0.3 is 0 Å². The molecule has 0 spiro atoms. The van der Waals surface area contributed by atoms with Gasteiger partial charge < -0.3 is 5.32 Å². The first kappa shape index (κ1) is 16.4. The summed E-state index contributed by atoms with van der Waals surface area (Å²) >= 11 is 1.50. The molecule has 0 bridgehead atoms. The van der Waals surface area contributed by atoms with Gasteiger partial charge in [0, 0.05) is 16.9 Å². The second-order valence-electron chi connectivity index (χ2n) is 6.76. The number of aryl methyl sites for hydroxylation is 1. The number of hydrogen-bond acceptors (Lipinski definition) is 5. The standard InChI is InChI=1S/C19H23N5S/c1-13-3-2-4-14(11-13)17-12-21-19-10-9-18(23-24(17)19)22-15-5-7-16(25-20)8-6-15/h2-4,9-12,15-16H,5-8,20H2,1H3,(H,22,23). The van der Waals surface area contributed by atoms with Gasteiger partial charge in [-0.05, 0) is 50.8 Å². The fraction of sp³-hybridized carbons (Fsp3) is 0.368. The molecule has 25 heavy (non-hydrogen) atoms. The minimum atomic E-state index is 0.472. The molecule has 0 saturated heterocycles. The van der Waals surface area contributed by atoms with E-state index in [9.17, 15) is 0 Å². The third kappa shape index (κ3) is 3.50. The summed E-state index contributed by atoms with van der Waals surface area (Å²) in [6.07, 6.45) is 6.51. The van der Waals surface area contributed by atoms with Crippen LogP contribution in [0.3, 0.4) is 0 Å². The smallest absolute Gasteiger partial charge is 0.154 e. The summed E-state index contributed by atoms with van der Waals surface area (Å²) in [5, 5.41) is 14.7. The SMILES string of the molecule is Cc1cccc(-c2cnc3ccc(NC4CCC(SN)CC4)nn23)c1. The summed E-state index contributed by atoms with van der Waals surface area (Å²) in [6, 6.07) is 13.0. The van der Waals surface area contributed by atoms with E-state index < -0.39 is 0 Å². The van der Waals surface area contributed by atoms with Gasteiger partial charge in [0.25, 0.3) is 0 Å². The van der Waals surface area contributed by atoms with Gasteiger partial charge in [0.15, 0.2) is 5.65 Å². The van der Waals surface area contributed by atoms with Crippen LogP contribution in [0, 0.1) is 6.92 Å². The third-order valence-electron chi connectivity index (χ3n) is 4.89. The van der Waals surface area contributed by atoms with E-state index in [1.54, 1.807) is 0 Å². The van der Waals surface area contributed by atoms with E-state index in [2.05, 4.69) is 41.5 Å². The van der Waals surface area contributed by atoms with E-state index in [-0.39, 0.29) is 0 Å². The van der Waals surface area contributed by atoms with Gasteiger partial charge in [-0.15, -0.1) is 5.10 Å². The van der Waals surface area contributed by atoms with Crippen molar-refractivity contribution in [2.75, 3.05) is 5.32 Å². The van der Waals surface area contributed by atoms with E-state index in [4.69, 9.17) is 10.2 Å². The van der Waals surface area contributed by atoms with E-state index in [0.29, 0.717) is 11.3 Å². The quantitative estimate of drug-likeness (QED) is 0.693. The van der Waals surface area contributed by atoms with Crippen molar-refractivity contribution >= 4 is 23.4 Å². The lowest BCUT2D eigenvalue weighted by Gasteiger charge is -2.28. The normalized spacial score (nSPS) is 20.7. The monoisotopic (exact) mass is 353 g/mol. The Balaban J connectivity index is 1.58. The molecule has 3 aromatic rings. The number of nitrogens with two attached hydrogens (primary N) is 1. The highest BCUT2D eigenvalue weighted by atomic mass is 32.2. The molecule has 1 fully saturated rings. The molecule has 2 heterocycles. The molecule has 6 heteroatoms. The first-order valence-corrected chi connectivity index (χ1v) is 9.71. The molecule has 1 aliphatic rings. The number of anilines is 1. The van der Waals surface area contributed by atoms with Crippen molar-refractivity contribution in [3.05, 3.63) is 48.2 Å². The van der Waals surface area contributed by atoms with E-state index in [0.717, 1.165) is 35.6 Å². The van der Waals surface area contributed by atoms with Crippen molar-refractivity contribution < 1.29 is 0 Å². The largest absolute Gasteiger partial charge is 0.366 e. The fourth-order valence-electron chi connectivity index (χ4n) is 3.50. The average molecular weight is 353 g/mol. The lowest BCUT2D eigenvalue weighted by molar-refractivity contribution is 0.471. The lowest BCUT2D eigenvalue weighted by Crippen LogP contribution is -2.28. The Morgan fingerprint density at radius 1 is 1.16 bits per heavy atom. The first-order valence-electron chi connectivity index (χ1n) is 8.77. The van der Waals surface area contributed by atoms with Gasteiger partial charge in [0.2, 0.25) is 0 Å². The van der Waals surface area contributed by atoms with Gasteiger partial charge in [-0.3, -0.25) is 5.14 Å². The van der Waals surface area contributed by atoms with Crippen LogP contribution in [0.1, 0.15) is 31.2 Å². The summed E-state index contributed by atoms with van der Waals surface area (Å²) in [5.74, 6) is 0.906. The summed E-state index contributed by atoms with van der Waals surface area (Å²) in [5.41, 5.74) is 4.25. The zero-order valence-electron chi connectivity index (χ0n) is 14.4. The number of benzene rings is 1. The topological polar surface area (TPSA) is 68.2 Å². The maximum Gasteiger partial charge on any atom is 0.154 e. The molecular weight excluding hydrogens is 330 g/mol. The highest BCUT2D eigenvalue weighted by Gasteiger charge is 2.21. The predicted octanol–water partition coefficient (Wildman–Crippen LogP) is 4.03. The second-order valence-corrected chi connectivity index (χ2v) is 7.69. The Morgan fingerprint density at radius 3 is 2.76 bits per heavy atom. The molecule has 4 rings (SSSR count). The van der Waals surface area contributed by atoms with Crippen LogP contribution in [0.15, 0.2) is 42.6 Å². The van der Waals surface area contributed by atoms with Crippen LogP contribution in [0.4, 0.5) is 5.82 Å². The molecule has 130 valence electrons. The van der Waals surface area contributed by atoms with Crippen LogP contribution in [0.2, 0.25) is 0 Å². The summed E-state index contributed by atoms with van der Waals surface area (Å²) < 4.78 is 1.93. The molecule has 2 aromatic heterocycles. The van der Waals surface area contributed by atoms with Crippen LogP contribution in [-0.2, 0) is 0 Å². The summed E-state index contributed by atoms with van der Waals surface area (Å²) in [7, 11) is 0. The minimum absolute atomic E-state index is 0.472. The summed E-state index contributed by atoms with van der Waals surface area (Å²) in [6.45, 7) is 2.10. The molecular formula is C19H23N5S. The number of nitrogens with zero attached hydrogens (tertiary/aromatic N) is 3. The lowest BCUT2D eigenvalue weighted by atomic mass is 9.95. The molecule has 1 aromatic carbocycles. The molecule has 3 N–H and O–H groups in total. The maximum absolute atomic E-state index is 5.71.